The fourth-order valence-corrected chi connectivity index (χ4v) is 4.73. The number of benzene rings is 2. The molecule has 4 rings (SSSR count). The quantitative estimate of drug-likeness (QED) is 0.503. The summed E-state index contributed by atoms with van der Waals surface area (Å²) in [6, 6.07) is 13.7. The Hall–Kier alpha value is -2.51. The lowest BCUT2D eigenvalue weighted by Crippen LogP contribution is -2.42. The predicted molar refractivity (Wildman–Crippen MR) is 123 cm³/mol. The van der Waals surface area contributed by atoms with Gasteiger partial charge in [0.05, 0.1) is 11.4 Å². The molecule has 6 nitrogen and oxygen atoms in total. The molecular formula is C23H25ClN4O2S. The Morgan fingerprint density at radius 2 is 1.87 bits per heavy atom. The van der Waals surface area contributed by atoms with Gasteiger partial charge < -0.3 is 9.64 Å². The van der Waals surface area contributed by atoms with Gasteiger partial charge in [-0.05, 0) is 43.2 Å². The number of ether oxygens (including phenoxy) is 1. The Labute approximate surface area is 191 Å². The van der Waals surface area contributed by atoms with Crippen molar-refractivity contribution in [3.05, 3.63) is 64.9 Å². The van der Waals surface area contributed by atoms with Gasteiger partial charge in [-0.2, -0.15) is 0 Å². The minimum atomic E-state index is 0.108. The maximum absolute atomic E-state index is 12.8. The van der Waals surface area contributed by atoms with Gasteiger partial charge in [-0.25, -0.2) is 0 Å². The molecule has 0 bridgehead atoms. The highest BCUT2D eigenvalue weighted by atomic mass is 35.5. The Kier molecular flexibility index (Phi) is 6.83. The molecule has 1 aliphatic heterocycles. The summed E-state index contributed by atoms with van der Waals surface area (Å²) in [5.74, 6) is 1.40. The van der Waals surface area contributed by atoms with E-state index in [0.717, 1.165) is 35.4 Å². The molecule has 3 aromatic rings. The molecular weight excluding hydrogens is 432 g/mol. The van der Waals surface area contributed by atoms with Crippen LogP contribution in [0.1, 0.15) is 24.0 Å². The van der Waals surface area contributed by atoms with Gasteiger partial charge in [0.2, 0.25) is 5.91 Å². The zero-order chi connectivity index (χ0) is 21.8. The summed E-state index contributed by atoms with van der Waals surface area (Å²) >= 11 is 7.48. The lowest BCUT2D eigenvalue weighted by molar-refractivity contribution is -0.130. The largest absolute Gasteiger partial charge is 0.490 e. The van der Waals surface area contributed by atoms with Crippen LogP contribution in [0.5, 0.6) is 5.75 Å². The number of hydrogen-bond donors (Lipinski definition) is 0. The van der Waals surface area contributed by atoms with Gasteiger partial charge in [0, 0.05) is 31.0 Å². The lowest BCUT2D eigenvalue weighted by Gasteiger charge is -2.32. The molecule has 31 heavy (non-hydrogen) atoms. The summed E-state index contributed by atoms with van der Waals surface area (Å²) in [6.07, 6.45) is 3.45. The first-order chi connectivity index (χ1) is 15.0. The van der Waals surface area contributed by atoms with E-state index < -0.39 is 0 Å². The fourth-order valence-electron chi connectivity index (χ4n) is 3.72. The Balaban J connectivity index is 1.30. The van der Waals surface area contributed by atoms with Crippen molar-refractivity contribution in [2.45, 2.75) is 37.9 Å². The summed E-state index contributed by atoms with van der Waals surface area (Å²) in [6.45, 7) is 5.55. The summed E-state index contributed by atoms with van der Waals surface area (Å²) in [4.78, 5) is 14.7. The van der Waals surface area contributed by atoms with E-state index in [9.17, 15) is 4.79 Å². The van der Waals surface area contributed by atoms with Crippen molar-refractivity contribution in [2.24, 2.45) is 0 Å². The van der Waals surface area contributed by atoms with Crippen molar-refractivity contribution < 1.29 is 9.53 Å². The topological polar surface area (TPSA) is 60.2 Å². The van der Waals surface area contributed by atoms with E-state index in [-0.39, 0.29) is 12.0 Å². The highest BCUT2D eigenvalue weighted by Crippen LogP contribution is 2.27. The van der Waals surface area contributed by atoms with E-state index in [1.165, 1.54) is 11.8 Å². The van der Waals surface area contributed by atoms with Crippen LogP contribution < -0.4 is 4.74 Å². The average Bonchev–Trinajstić information content (AvgIpc) is 3.24. The van der Waals surface area contributed by atoms with Crippen LogP contribution in [-0.4, -0.2) is 50.5 Å². The van der Waals surface area contributed by atoms with Gasteiger partial charge in [0.25, 0.3) is 0 Å². The SMILES string of the molecule is Cc1cccc(C)c1OC1CCN(C(=O)CSc2nncn2-c2cccc(Cl)c2)CC1. The van der Waals surface area contributed by atoms with Crippen LogP contribution in [-0.2, 0) is 4.79 Å². The molecule has 0 N–H and O–H groups in total. The van der Waals surface area contributed by atoms with Gasteiger partial charge >= 0.3 is 0 Å². The van der Waals surface area contributed by atoms with Crippen LogP contribution >= 0.6 is 23.4 Å². The van der Waals surface area contributed by atoms with Gasteiger partial charge in [0.15, 0.2) is 5.16 Å². The minimum absolute atomic E-state index is 0.108. The molecule has 1 amide bonds. The third kappa shape index (κ3) is 5.22. The monoisotopic (exact) mass is 456 g/mol. The molecule has 0 atom stereocenters. The first-order valence-electron chi connectivity index (χ1n) is 10.3. The number of nitrogens with zero attached hydrogens (tertiary/aromatic N) is 4. The van der Waals surface area contributed by atoms with Crippen LogP contribution in [0.25, 0.3) is 5.69 Å². The second-order valence-corrected chi connectivity index (χ2v) is 9.05. The molecule has 1 aromatic heterocycles. The number of aromatic nitrogens is 3. The highest BCUT2D eigenvalue weighted by molar-refractivity contribution is 7.99. The van der Waals surface area contributed by atoms with Crippen LogP contribution in [0.3, 0.4) is 0 Å². The summed E-state index contributed by atoms with van der Waals surface area (Å²) in [5, 5.41) is 9.46. The van der Waals surface area contributed by atoms with E-state index in [1.807, 2.05) is 39.8 Å². The van der Waals surface area contributed by atoms with Crippen LogP contribution in [0.4, 0.5) is 0 Å². The molecule has 8 heteroatoms. The van der Waals surface area contributed by atoms with E-state index in [0.29, 0.717) is 29.0 Å². The van der Waals surface area contributed by atoms with E-state index in [4.69, 9.17) is 16.3 Å². The van der Waals surface area contributed by atoms with E-state index in [2.05, 4.69) is 36.2 Å². The Bertz CT molecular complexity index is 1040. The molecule has 162 valence electrons. The first kappa shape index (κ1) is 21.7. The third-order valence-corrected chi connectivity index (χ3v) is 6.58. The smallest absolute Gasteiger partial charge is 0.233 e. The van der Waals surface area contributed by atoms with Gasteiger partial charge in [-0.3, -0.25) is 9.36 Å². The Morgan fingerprint density at radius 1 is 1.16 bits per heavy atom. The number of para-hydroxylation sites is 1. The lowest BCUT2D eigenvalue weighted by atomic mass is 10.1. The Morgan fingerprint density at radius 3 is 2.58 bits per heavy atom. The first-order valence-corrected chi connectivity index (χ1v) is 11.7. The van der Waals surface area contributed by atoms with Gasteiger partial charge in [-0.1, -0.05) is 47.6 Å². The molecule has 0 saturated carbocycles. The molecule has 1 aliphatic rings. The molecule has 0 unspecified atom stereocenters. The third-order valence-electron chi connectivity index (χ3n) is 5.42. The van der Waals surface area contributed by atoms with Gasteiger partial charge in [0.1, 0.15) is 18.2 Å². The van der Waals surface area contributed by atoms with E-state index >= 15 is 0 Å². The molecule has 2 heterocycles. The predicted octanol–water partition coefficient (Wildman–Crippen LogP) is 4.70. The maximum atomic E-state index is 12.8. The summed E-state index contributed by atoms with van der Waals surface area (Å²) in [5.41, 5.74) is 3.18. The number of rotatable bonds is 6. The van der Waals surface area contributed by atoms with Crippen LogP contribution in [0.2, 0.25) is 5.02 Å². The molecule has 0 spiro atoms. The van der Waals surface area contributed by atoms with Gasteiger partial charge in [-0.15, -0.1) is 10.2 Å². The molecule has 0 radical (unpaired) electrons. The zero-order valence-electron chi connectivity index (χ0n) is 17.6. The van der Waals surface area contributed by atoms with Crippen molar-refractivity contribution in [3.63, 3.8) is 0 Å². The normalized spacial score (nSPS) is 14.6. The number of carbonyl (C=O) groups excluding carboxylic acids is 1. The number of carbonyl (C=O) groups is 1. The van der Waals surface area contributed by atoms with Crippen LogP contribution in [0, 0.1) is 13.8 Å². The van der Waals surface area contributed by atoms with Crippen molar-refractivity contribution in [1.82, 2.24) is 19.7 Å². The second-order valence-electron chi connectivity index (χ2n) is 7.67. The van der Waals surface area contributed by atoms with Crippen LogP contribution in [0.15, 0.2) is 53.9 Å². The number of piperidine rings is 1. The molecule has 2 aromatic carbocycles. The number of thioether (sulfide) groups is 1. The van der Waals surface area contributed by atoms with E-state index in [1.54, 1.807) is 6.33 Å². The summed E-state index contributed by atoms with van der Waals surface area (Å²) in [7, 11) is 0. The van der Waals surface area contributed by atoms with Crippen molar-refractivity contribution >= 4 is 29.3 Å². The molecule has 0 aliphatic carbocycles. The number of likely N-dealkylation sites (tertiary alicyclic amines) is 1. The maximum Gasteiger partial charge on any atom is 0.233 e. The molecule has 1 saturated heterocycles. The van der Waals surface area contributed by atoms with Crippen molar-refractivity contribution in [1.29, 1.82) is 0 Å². The number of hydrogen-bond acceptors (Lipinski definition) is 5. The minimum Gasteiger partial charge on any atom is -0.490 e. The van der Waals surface area contributed by atoms with Crippen molar-refractivity contribution in [2.75, 3.05) is 18.8 Å². The highest BCUT2D eigenvalue weighted by Gasteiger charge is 2.25. The number of halogens is 1. The number of aryl methyl sites for hydroxylation is 2. The van der Waals surface area contributed by atoms with Crippen molar-refractivity contribution in [3.8, 4) is 11.4 Å². The standard InChI is InChI=1S/C23H25ClN4O2S/c1-16-5-3-6-17(2)22(16)30-20-9-11-27(12-10-20)21(29)14-31-23-26-25-15-28(23)19-8-4-7-18(24)13-19/h3-8,13,15,20H,9-12,14H2,1-2H3. The molecule has 1 fully saturated rings. The summed E-state index contributed by atoms with van der Waals surface area (Å²) < 4.78 is 8.10. The fraction of sp³-hybridized carbons (Fsp3) is 0.348. The average molecular weight is 457 g/mol. The number of amides is 1. The second kappa shape index (κ2) is 9.75. The zero-order valence-corrected chi connectivity index (χ0v) is 19.2.